The minimum absolute atomic E-state index is 0.157. The Labute approximate surface area is 124 Å². The predicted molar refractivity (Wildman–Crippen MR) is 82.6 cm³/mol. The van der Waals surface area contributed by atoms with E-state index in [2.05, 4.69) is 20.2 Å². The van der Waals surface area contributed by atoms with Gasteiger partial charge in [0.1, 0.15) is 0 Å². The van der Waals surface area contributed by atoms with Crippen molar-refractivity contribution < 1.29 is 4.79 Å². The summed E-state index contributed by atoms with van der Waals surface area (Å²) >= 11 is 0. The standard InChI is InChI=1S/C16H18N4O/c1-12-6-7-13(11-18-12)16(21)19-14-5-4-8-17-15(14)20-9-2-3-10-20/h4-8,11H,2-3,9-10H2,1H3,(H,19,21). The molecule has 0 saturated carbocycles. The first-order chi connectivity index (χ1) is 10.2. The number of aromatic nitrogens is 2. The van der Waals surface area contributed by atoms with Gasteiger partial charge in [-0.2, -0.15) is 0 Å². The highest BCUT2D eigenvalue weighted by atomic mass is 16.1. The Bertz CT molecular complexity index is 633. The van der Waals surface area contributed by atoms with Crippen LogP contribution < -0.4 is 10.2 Å². The van der Waals surface area contributed by atoms with Gasteiger partial charge in [-0.05, 0) is 44.0 Å². The molecule has 0 radical (unpaired) electrons. The van der Waals surface area contributed by atoms with E-state index in [0.717, 1.165) is 30.3 Å². The monoisotopic (exact) mass is 282 g/mol. The van der Waals surface area contributed by atoms with Gasteiger partial charge in [-0.1, -0.05) is 0 Å². The summed E-state index contributed by atoms with van der Waals surface area (Å²) in [6.07, 6.45) is 5.70. The molecule has 1 amide bonds. The number of rotatable bonds is 3. The lowest BCUT2D eigenvalue weighted by molar-refractivity contribution is 0.102. The number of aryl methyl sites for hydroxylation is 1. The summed E-state index contributed by atoms with van der Waals surface area (Å²) in [5.41, 5.74) is 2.20. The summed E-state index contributed by atoms with van der Waals surface area (Å²) in [5.74, 6) is 0.694. The smallest absolute Gasteiger partial charge is 0.257 e. The van der Waals surface area contributed by atoms with Gasteiger partial charge >= 0.3 is 0 Å². The second-order valence-corrected chi connectivity index (χ2v) is 5.21. The topological polar surface area (TPSA) is 58.1 Å². The van der Waals surface area contributed by atoms with Gasteiger partial charge in [-0.25, -0.2) is 4.98 Å². The normalized spacial score (nSPS) is 14.2. The van der Waals surface area contributed by atoms with Crippen molar-refractivity contribution in [3.05, 3.63) is 47.9 Å². The van der Waals surface area contributed by atoms with E-state index in [-0.39, 0.29) is 5.91 Å². The van der Waals surface area contributed by atoms with Crippen LogP contribution in [0.25, 0.3) is 0 Å². The van der Waals surface area contributed by atoms with Gasteiger partial charge in [0.2, 0.25) is 0 Å². The van der Waals surface area contributed by atoms with Gasteiger partial charge in [0.15, 0.2) is 5.82 Å². The maximum Gasteiger partial charge on any atom is 0.257 e. The van der Waals surface area contributed by atoms with Crippen LogP contribution in [0.4, 0.5) is 11.5 Å². The second kappa shape index (κ2) is 5.91. The summed E-state index contributed by atoms with van der Waals surface area (Å²) in [5, 5.41) is 2.94. The Morgan fingerprint density at radius 1 is 1.19 bits per heavy atom. The lowest BCUT2D eigenvalue weighted by atomic mass is 10.2. The third kappa shape index (κ3) is 3.02. The fraction of sp³-hybridized carbons (Fsp3) is 0.312. The molecule has 21 heavy (non-hydrogen) atoms. The van der Waals surface area contributed by atoms with Crippen LogP contribution >= 0.6 is 0 Å². The van der Waals surface area contributed by atoms with E-state index >= 15 is 0 Å². The van der Waals surface area contributed by atoms with Gasteiger partial charge in [-0.3, -0.25) is 9.78 Å². The molecule has 0 spiro atoms. The molecule has 2 aromatic heterocycles. The van der Waals surface area contributed by atoms with Crippen LogP contribution in [0.2, 0.25) is 0 Å². The maximum atomic E-state index is 12.3. The van der Waals surface area contributed by atoms with Crippen molar-refractivity contribution in [2.45, 2.75) is 19.8 Å². The van der Waals surface area contributed by atoms with Crippen molar-refractivity contribution in [3.8, 4) is 0 Å². The van der Waals surface area contributed by atoms with E-state index in [0.29, 0.717) is 5.56 Å². The second-order valence-electron chi connectivity index (χ2n) is 5.21. The highest BCUT2D eigenvalue weighted by Crippen LogP contribution is 2.26. The summed E-state index contributed by atoms with van der Waals surface area (Å²) < 4.78 is 0. The molecule has 1 aliphatic rings. The van der Waals surface area contributed by atoms with Crippen molar-refractivity contribution in [3.63, 3.8) is 0 Å². The molecule has 0 atom stereocenters. The molecule has 1 fully saturated rings. The highest BCUT2D eigenvalue weighted by molar-refractivity contribution is 6.05. The molecule has 1 aliphatic heterocycles. The van der Waals surface area contributed by atoms with Crippen molar-refractivity contribution in [2.24, 2.45) is 0 Å². The number of amides is 1. The van der Waals surface area contributed by atoms with Gasteiger partial charge in [0.25, 0.3) is 5.91 Å². The number of nitrogens with one attached hydrogen (secondary N) is 1. The average molecular weight is 282 g/mol. The Balaban J connectivity index is 1.81. The Morgan fingerprint density at radius 3 is 2.71 bits per heavy atom. The molecule has 0 unspecified atom stereocenters. The number of hydrogen-bond acceptors (Lipinski definition) is 4. The Kier molecular flexibility index (Phi) is 3.81. The molecule has 0 bridgehead atoms. The summed E-state index contributed by atoms with van der Waals surface area (Å²) in [7, 11) is 0. The van der Waals surface area contributed by atoms with Crippen LogP contribution in [-0.2, 0) is 0 Å². The van der Waals surface area contributed by atoms with Gasteiger partial charge in [0, 0.05) is 31.2 Å². The third-order valence-corrected chi connectivity index (χ3v) is 3.61. The van der Waals surface area contributed by atoms with Crippen LogP contribution in [0, 0.1) is 6.92 Å². The van der Waals surface area contributed by atoms with Crippen molar-refractivity contribution >= 4 is 17.4 Å². The van der Waals surface area contributed by atoms with E-state index < -0.39 is 0 Å². The molecule has 0 aromatic carbocycles. The number of nitrogens with zero attached hydrogens (tertiary/aromatic N) is 3. The molecule has 5 heteroatoms. The highest BCUT2D eigenvalue weighted by Gasteiger charge is 2.18. The van der Waals surface area contributed by atoms with Crippen LogP contribution in [-0.4, -0.2) is 29.0 Å². The lowest BCUT2D eigenvalue weighted by Gasteiger charge is -2.19. The minimum atomic E-state index is -0.157. The largest absolute Gasteiger partial charge is 0.355 e. The Morgan fingerprint density at radius 2 is 2.00 bits per heavy atom. The maximum absolute atomic E-state index is 12.3. The quantitative estimate of drug-likeness (QED) is 0.940. The number of pyridine rings is 2. The van der Waals surface area contributed by atoms with Crippen molar-refractivity contribution in [1.29, 1.82) is 0 Å². The molecule has 3 rings (SSSR count). The molecule has 0 aliphatic carbocycles. The molecule has 5 nitrogen and oxygen atoms in total. The minimum Gasteiger partial charge on any atom is -0.355 e. The Hall–Kier alpha value is -2.43. The summed E-state index contributed by atoms with van der Waals surface area (Å²) in [4.78, 5) is 23.1. The van der Waals surface area contributed by atoms with Crippen LogP contribution in [0.15, 0.2) is 36.7 Å². The average Bonchev–Trinajstić information content (AvgIpc) is 3.02. The van der Waals surface area contributed by atoms with E-state index in [9.17, 15) is 4.79 Å². The first-order valence-corrected chi connectivity index (χ1v) is 7.18. The van der Waals surface area contributed by atoms with Gasteiger partial charge in [-0.15, -0.1) is 0 Å². The summed E-state index contributed by atoms with van der Waals surface area (Å²) in [6.45, 7) is 3.88. The lowest BCUT2D eigenvalue weighted by Crippen LogP contribution is -2.22. The molecular formula is C16H18N4O. The van der Waals surface area contributed by atoms with Crippen LogP contribution in [0.1, 0.15) is 28.9 Å². The fourth-order valence-corrected chi connectivity index (χ4v) is 2.47. The molecular weight excluding hydrogens is 264 g/mol. The van der Waals surface area contributed by atoms with Crippen LogP contribution in [0.3, 0.4) is 0 Å². The van der Waals surface area contributed by atoms with Gasteiger partial charge < -0.3 is 10.2 Å². The summed E-state index contributed by atoms with van der Waals surface area (Å²) in [6, 6.07) is 7.34. The number of anilines is 2. The molecule has 1 N–H and O–H groups in total. The predicted octanol–water partition coefficient (Wildman–Crippen LogP) is 2.64. The van der Waals surface area contributed by atoms with E-state index in [1.165, 1.54) is 12.8 Å². The van der Waals surface area contributed by atoms with Crippen molar-refractivity contribution in [1.82, 2.24) is 9.97 Å². The van der Waals surface area contributed by atoms with Crippen LogP contribution in [0.5, 0.6) is 0 Å². The fourth-order valence-electron chi connectivity index (χ4n) is 2.47. The van der Waals surface area contributed by atoms with Gasteiger partial charge in [0.05, 0.1) is 11.3 Å². The number of carbonyl (C=O) groups excluding carboxylic acids is 1. The van der Waals surface area contributed by atoms with E-state index in [1.807, 2.05) is 25.1 Å². The molecule has 2 aromatic rings. The van der Waals surface area contributed by atoms with Crippen molar-refractivity contribution in [2.75, 3.05) is 23.3 Å². The van der Waals surface area contributed by atoms with E-state index in [1.54, 1.807) is 18.5 Å². The zero-order valence-corrected chi connectivity index (χ0v) is 12.0. The van der Waals surface area contributed by atoms with E-state index in [4.69, 9.17) is 0 Å². The number of carbonyl (C=O) groups is 1. The third-order valence-electron chi connectivity index (χ3n) is 3.61. The zero-order valence-electron chi connectivity index (χ0n) is 12.0. The molecule has 3 heterocycles. The molecule has 1 saturated heterocycles. The zero-order chi connectivity index (χ0) is 14.7. The first-order valence-electron chi connectivity index (χ1n) is 7.18. The SMILES string of the molecule is Cc1ccc(C(=O)Nc2cccnc2N2CCCC2)cn1. The first kappa shape index (κ1) is 13.5. The number of hydrogen-bond donors (Lipinski definition) is 1. The molecule has 108 valence electrons.